The number of carbonyl (C=O) groups excluding carboxylic acids is 1. The van der Waals surface area contributed by atoms with Crippen molar-refractivity contribution >= 4 is 5.97 Å². The van der Waals surface area contributed by atoms with Crippen LogP contribution in [0, 0.1) is 17.3 Å². The molecule has 0 aliphatic heterocycles. The summed E-state index contributed by atoms with van der Waals surface area (Å²) in [6.45, 7) is 14.3. The molecule has 0 bridgehead atoms. The molecule has 2 atom stereocenters. The van der Waals surface area contributed by atoms with Crippen LogP contribution in [0.2, 0.25) is 0 Å². The van der Waals surface area contributed by atoms with E-state index in [0.717, 1.165) is 19.4 Å². The van der Waals surface area contributed by atoms with Crippen LogP contribution in [0.15, 0.2) is 0 Å². The standard InChI is InChI=1S/C16H31NO2/c1-7-19-14(18)16(17-10-12(2)3)9-13(4)8-15(5,6)11-16/h12-13,17H,7-11H2,1-6H3. The minimum absolute atomic E-state index is 0.0599. The van der Waals surface area contributed by atoms with Crippen molar-refractivity contribution in [3.05, 3.63) is 0 Å². The number of esters is 1. The molecule has 0 aromatic carbocycles. The van der Waals surface area contributed by atoms with Gasteiger partial charge in [-0.2, -0.15) is 0 Å². The first-order chi connectivity index (χ1) is 8.71. The van der Waals surface area contributed by atoms with Crippen LogP contribution in [0.5, 0.6) is 0 Å². The summed E-state index contributed by atoms with van der Waals surface area (Å²) >= 11 is 0. The minimum atomic E-state index is -0.485. The molecule has 1 aliphatic carbocycles. The predicted octanol–water partition coefficient (Wildman–Crippen LogP) is 3.38. The van der Waals surface area contributed by atoms with E-state index in [4.69, 9.17) is 4.74 Å². The lowest BCUT2D eigenvalue weighted by Gasteiger charge is -2.46. The Morgan fingerprint density at radius 3 is 2.47 bits per heavy atom. The second-order valence-corrected chi connectivity index (χ2v) is 7.43. The van der Waals surface area contributed by atoms with E-state index in [9.17, 15) is 4.79 Å². The summed E-state index contributed by atoms with van der Waals surface area (Å²) in [5.74, 6) is 1.02. The van der Waals surface area contributed by atoms with Gasteiger partial charge in [0.05, 0.1) is 6.61 Å². The van der Waals surface area contributed by atoms with Gasteiger partial charge >= 0.3 is 5.97 Å². The van der Waals surface area contributed by atoms with Gasteiger partial charge in [-0.1, -0.05) is 34.6 Å². The number of nitrogens with one attached hydrogen (secondary N) is 1. The number of hydrogen-bond acceptors (Lipinski definition) is 3. The Hall–Kier alpha value is -0.570. The maximum absolute atomic E-state index is 12.5. The van der Waals surface area contributed by atoms with Gasteiger partial charge in [-0.05, 0) is 50.0 Å². The Morgan fingerprint density at radius 2 is 2.00 bits per heavy atom. The SMILES string of the molecule is CCOC(=O)C1(NCC(C)C)CC(C)CC(C)(C)C1. The van der Waals surface area contributed by atoms with Crippen LogP contribution in [-0.2, 0) is 9.53 Å². The quantitative estimate of drug-likeness (QED) is 0.778. The molecule has 0 spiro atoms. The van der Waals surface area contributed by atoms with Gasteiger partial charge in [0.2, 0.25) is 0 Å². The van der Waals surface area contributed by atoms with Crippen LogP contribution >= 0.6 is 0 Å². The Bertz CT molecular complexity index is 312. The molecule has 0 aromatic rings. The van der Waals surface area contributed by atoms with E-state index in [1.165, 1.54) is 6.42 Å². The molecule has 1 N–H and O–H groups in total. The fourth-order valence-corrected chi connectivity index (χ4v) is 3.60. The number of ether oxygens (including phenoxy) is 1. The molecule has 0 amide bonds. The number of rotatable bonds is 5. The van der Waals surface area contributed by atoms with Crippen molar-refractivity contribution in [2.75, 3.05) is 13.2 Å². The Balaban J connectivity index is 2.93. The minimum Gasteiger partial charge on any atom is -0.465 e. The van der Waals surface area contributed by atoms with Crippen LogP contribution in [-0.4, -0.2) is 24.7 Å². The molecule has 2 unspecified atom stereocenters. The maximum Gasteiger partial charge on any atom is 0.326 e. The first kappa shape index (κ1) is 16.5. The Kier molecular flexibility index (Phi) is 5.43. The van der Waals surface area contributed by atoms with Gasteiger partial charge in [-0.15, -0.1) is 0 Å². The normalized spacial score (nSPS) is 30.4. The molecular weight excluding hydrogens is 238 g/mol. The van der Waals surface area contributed by atoms with Crippen molar-refractivity contribution in [3.63, 3.8) is 0 Å². The van der Waals surface area contributed by atoms with Gasteiger partial charge in [0, 0.05) is 0 Å². The summed E-state index contributed by atoms with van der Waals surface area (Å²) in [5, 5.41) is 3.53. The highest BCUT2D eigenvalue weighted by Crippen LogP contribution is 2.44. The van der Waals surface area contributed by atoms with Crippen LogP contribution in [0.1, 0.15) is 60.8 Å². The highest BCUT2D eigenvalue weighted by atomic mass is 16.5. The Labute approximate surface area is 118 Å². The summed E-state index contributed by atoms with van der Waals surface area (Å²) in [5.41, 5.74) is -0.296. The lowest BCUT2D eigenvalue weighted by molar-refractivity contribution is -0.156. The summed E-state index contributed by atoms with van der Waals surface area (Å²) in [6.07, 6.45) is 2.94. The summed E-state index contributed by atoms with van der Waals surface area (Å²) in [4.78, 5) is 12.5. The third kappa shape index (κ3) is 4.48. The van der Waals surface area contributed by atoms with E-state index in [1.54, 1.807) is 0 Å². The maximum atomic E-state index is 12.5. The molecule has 1 rings (SSSR count). The zero-order chi connectivity index (χ0) is 14.7. The fraction of sp³-hybridized carbons (Fsp3) is 0.938. The molecule has 0 heterocycles. The first-order valence-corrected chi connectivity index (χ1v) is 7.63. The molecule has 1 saturated carbocycles. The van der Waals surface area contributed by atoms with Crippen LogP contribution in [0.25, 0.3) is 0 Å². The molecule has 3 heteroatoms. The molecule has 0 radical (unpaired) electrons. The van der Waals surface area contributed by atoms with E-state index in [0.29, 0.717) is 18.4 Å². The van der Waals surface area contributed by atoms with Gasteiger partial charge in [-0.3, -0.25) is 4.79 Å². The first-order valence-electron chi connectivity index (χ1n) is 7.63. The van der Waals surface area contributed by atoms with E-state index < -0.39 is 5.54 Å². The molecule has 19 heavy (non-hydrogen) atoms. The predicted molar refractivity (Wildman–Crippen MR) is 79.0 cm³/mol. The molecule has 0 saturated heterocycles. The van der Waals surface area contributed by atoms with Gasteiger partial charge in [0.15, 0.2) is 0 Å². The number of hydrogen-bond donors (Lipinski definition) is 1. The molecular formula is C16H31NO2. The molecule has 1 fully saturated rings. The van der Waals surface area contributed by atoms with Gasteiger partial charge < -0.3 is 10.1 Å². The second kappa shape index (κ2) is 6.25. The van der Waals surface area contributed by atoms with Crippen molar-refractivity contribution in [2.45, 2.75) is 66.3 Å². The van der Waals surface area contributed by atoms with E-state index in [2.05, 4.69) is 39.9 Å². The van der Waals surface area contributed by atoms with Crippen LogP contribution in [0.4, 0.5) is 0 Å². The average molecular weight is 269 g/mol. The fourth-order valence-electron chi connectivity index (χ4n) is 3.60. The number of carbonyl (C=O) groups is 1. The second-order valence-electron chi connectivity index (χ2n) is 7.43. The summed E-state index contributed by atoms with van der Waals surface area (Å²) < 4.78 is 5.36. The molecule has 112 valence electrons. The van der Waals surface area contributed by atoms with E-state index >= 15 is 0 Å². The van der Waals surface area contributed by atoms with Crippen molar-refractivity contribution in [2.24, 2.45) is 17.3 Å². The summed E-state index contributed by atoms with van der Waals surface area (Å²) in [6, 6.07) is 0. The van der Waals surface area contributed by atoms with Crippen molar-refractivity contribution in [1.29, 1.82) is 0 Å². The topological polar surface area (TPSA) is 38.3 Å². The molecule has 0 aromatic heterocycles. The molecule has 1 aliphatic rings. The largest absolute Gasteiger partial charge is 0.465 e. The van der Waals surface area contributed by atoms with E-state index in [-0.39, 0.29) is 11.4 Å². The third-order valence-corrected chi connectivity index (χ3v) is 3.89. The van der Waals surface area contributed by atoms with Crippen LogP contribution in [0.3, 0.4) is 0 Å². The van der Waals surface area contributed by atoms with Gasteiger partial charge in [0.25, 0.3) is 0 Å². The van der Waals surface area contributed by atoms with E-state index in [1.807, 2.05) is 6.92 Å². The zero-order valence-electron chi connectivity index (χ0n) is 13.5. The van der Waals surface area contributed by atoms with Gasteiger partial charge in [0.1, 0.15) is 5.54 Å². The van der Waals surface area contributed by atoms with Crippen molar-refractivity contribution in [3.8, 4) is 0 Å². The highest BCUT2D eigenvalue weighted by molar-refractivity contribution is 5.81. The summed E-state index contributed by atoms with van der Waals surface area (Å²) in [7, 11) is 0. The lowest BCUT2D eigenvalue weighted by Crippen LogP contribution is -2.59. The van der Waals surface area contributed by atoms with Crippen LogP contribution < -0.4 is 5.32 Å². The van der Waals surface area contributed by atoms with Crippen molar-refractivity contribution < 1.29 is 9.53 Å². The zero-order valence-corrected chi connectivity index (χ0v) is 13.5. The Morgan fingerprint density at radius 1 is 1.37 bits per heavy atom. The molecule has 3 nitrogen and oxygen atoms in total. The average Bonchev–Trinajstić information content (AvgIpc) is 2.24. The monoisotopic (exact) mass is 269 g/mol. The highest BCUT2D eigenvalue weighted by Gasteiger charge is 2.48. The van der Waals surface area contributed by atoms with Crippen molar-refractivity contribution in [1.82, 2.24) is 5.32 Å². The third-order valence-electron chi connectivity index (χ3n) is 3.89. The smallest absolute Gasteiger partial charge is 0.326 e. The van der Waals surface area contributed by atoms with Gasteiger partial charge in [-0.25, -0.2) is 0 Å². The lowest BCUT2D eigenvalue weighted by atomic mass is 9.64.